The van der Waals surface area contributed by atoms with Gasteiger partial charge in [0, 0.05) is 12.5 Å². The van der Waals surface area contributed by atoms with E-state index in [2.05, 4.69) is 24.5 Å². The molecular formula is C13H26N2O. The van der Waals surface area contributed by atoms with E-state index in [0.29, 0.717) is 5.92 Å². The summed E-state index contributed by atoms with van der Waals surface area (Å²) in [5, 5.41) is 6.42. The van der Waals surface area contributed by atoms with Gasteiger partial charge in [0.25, 0.3) is 0 Å². The van der Waals surface area contributed by atoms with Crippen LogP contribution in [0.2, 0.25) is 0 Å². The minimum atomic E-state index is 0.271. The number of hydrogen-bond acceptors (Lipinski definition) is 2. The van der Waals surface area contributed by atoms with Crippen molar-refractivity contribution in [2.45, 2.75) is 46.0 Å². The molecule has 1 fully saturated rings. The van der Waals surface area contributed by atoms with Crippen LogP contribution >= 0.6 is 0 Å². The lowest BCUT2D eigenvalue weighted by Crippen LogP contribution is -2.36. The molecule has 1 aliphatic carbocycles. The number of carbonyl (C=O) groups excluding carboxylic acids is 1. The van der Waals surface area contributed by atoms with Crippen LogP contribution in [-0.4, -0.2) is 25.5 Å². The van der Waals surface area contributed by atoms with E-state index in [1.54, 1.807) is 0 Å². The Morgan fingerprint density at radius 1 is 1.38 bits per heavy atom. The molecule has 1 amide bonds. The van der Waals surface area contributed by atoms with Gasteiger partial charge >= 0.3 is 0 Å². The molecule has 0 saturated heterocycles. The van der Waals surface area contributed by atoms with Gasteiger partial charge in [0.05, 0.1) is 0 Å². The van der Waals surface area contributed by atoms with Crippen molar-refractivity contribution in [1.29, 1.82) is 0 Å². The van der Waals surface area contributed by atoms with Crippen LogP contribution in [0.1, 0.15) is 46.0 Å². The highest BCUT2D eigenvalue weighted by Crippen LogP contribution is 2.25. The van der Waals surface area contributed by atoms with Crippen LogP contribution in [0.3, 0.4) is 0 Å². The standard InChI is InChI=1S/C13H26N2O/c1-3-11(2)10-14-8-5-9-15-13(16)12-6-4-7-12/h11-12,14H,3-10H2,1-2H3,(H,15,16). The van der Waals surface area contributed by atoms with Crippen LogP contribution in [0.15, 0.2) is 0 Å². The Balaban J connectivity index is 1.85. The van der Waals surface area contributed by atoms with Crippen LogP contribution < -0.4 is 10.6 Å². The van der Waals surface area contributed by atoms with E-state index in [1.165, 1.54) is 12.8 Å². The van der Waals surface area contributed by atoms with Gasteiger partial charge in [0.15, 0.2) is 0 Å². The molecular weight excluding hydrogens is 200 g/mol. The molecule has 1 saturated carbocycles. The summed E-state index contributed by atoms with van der Waals surface area (Å²) < 4.78 is 0. The summed E-state index contributed by atoms with van der Waals surface area (Å²) in [6.07, 6.45) is 5.69. The second-order valence-corrected chi connectivity index (χ2v) is 4.99. The molecule has 1 aliphatic rings. The van der Waals surface area contributed by atoms with Crippen LogP contribution in [0.4, 0.5) is 0 Å². The van der Waals surface area contributed by atoms with E-state index in [0.717, 1.165) is 44.8 Å². The predicted molar refractivity (Wildman–Crippen MR) is 67.3 cm³/mol. The fourth-order valence-electron chi connectivity index (χ4n) is 1.73. The molecule has 1 atom stereocenters. The molecule has 1 rings (SSSR count). The number of amides is 1. The lowest BCUT2D eigenvalue weighted by atomic mass is 9.85. The van der Waals surface area contributed by atoms with E-state index in [4.69, 9.17) is 0 Å². The summed E-state index contributed by atoms with van der Waals surface area (Å²) >= 11 is 0. The fourth-order valence-corrected chi connectivity index (χ4v) is 1.73. The molecule has 0 bridgehead atoms. The number of carbonyl (C=O) groups is 1. The molecule has 0 aromatic heterocycles. The topological polar surface area (TPSA) is 41.1 Å². The second-order valence-electron chi connectivity index (χ2n) is 4.99. The molecule has 0 heterocycles. The van der Waals surface area contributed by atoms with E-state index in [-0.39, 0.29) is 5.91 Å². The summed E-state index contributed by atoms with van der Waals surface area (Å²) in [7, 11) is 0. The molecule has 3 heteroatoms. The Labute approximate surface area is 99.4 Å². The van der Waals surface area contributed by atoms with Crippen molar-refractivity contribution in [2.75, 3.05) is 19.6 Å². The SMILES string of the molecule is CCC(C)CNCCCNC(=O)C1CCC1. The van der Waals surface area contributed by atoms with Crippen LogP contribution in [-0.2, 0) is 4.79 Å². The Hall–Kier alpha value is -0.570. The van der Waals surface area contributed by atoms with Crippen LogP contribution in [0, 0.1) is 11.8 Å². The Kier molecular flexibility index (Phi) is 6.46. The highest BCUT2D eigenvalue weighted by Gasteiger charge is 2.24. The van der Waals surface area contributed by atoms with Crippen molar-refractivity contribution in [3.05, 3.63) is 0 Å². The number of rotatable bonds is 8. The molecule has 0 aromatic rings. The Bertz CT molecular complexity index is 202. The maximum absolute atomic E-state index is 11.5. The highest BCUT2D eigenvalue weighted by molar-refractivity contribution is 5.79. The lowest BCUT2D eigenvalue weighted by molar-refractivity contribution is -0.127. The minimum Gasteiger partial charge on any atom is -0.356 e. The van der Waals surface area contributed by atoms with Crippen LogP contribution in [0.5, 0.6) is 0 Å². The van der Waals surface area contributed by atoms with Crippen molar-refractivity contribution in [3.63, 3.8) is 0 Å². The zero-order chi connectivity index (χ0) is 11.8. The summed E-state index contributed by atoms with van der Waals surface area (Å²) in [6.45, 7) is 7.39. The van der Waals surface area contributed by atoms with Gasteiger partial charge in [-0.3, -0.25) is 4.79 Å². The van der Waals surface area contributed by atoms with Crippen molar-refractivity contribution < 1.29 is 4.79 Å². The van der Waals surface area contributed by atoms with Gasteiger partial charge in [-0.25, -0.2) is 0 Å². The van der Waals surface area contributed by atoms with E-state index >= 15 is 0 Å². The molecule has 0 spiro atoms. The summed E-state index contributed by atoms with van der Waals surface area (Å²) in [6, 6.07) is 0. The van der Waals surface area contributed by atoms with E-state index in [9.17, 15) is 4.79 Å². The fraction of sp³-hybridized carbons (Fsp3) is 0.923. The first-order chi connectivity index (χ1) is 7.74. The maximum atomic E-state index is 11.5. The number of nitrogens with one attached hydrogen (secondary N) is 2. The zero-order valence-electron chi connectivity index (χ0n) is 10.7. The Morgan fingerprint density at radius 2 is 2.12 bits per heavy atom. The van der Waals surface area contributed by atoms with Gasteiger partial charge in [-0.1, -0.05) is 26.7 Å². The van der Waals surface area contributed by atoms with Gasteiger partial charge in [-0.15, -0.1) is 0 Å². The largest absolute Gasteiger partial charge is 0.356 e. The molecule has 1 unspecified atom stereocenters. The average molecular weight is 226 g/mol. The third-order valence-electron chi connectivity index (χ3n) is 3.50. The Morgan fingerprint density at radius 3 is 2.69 bits per heavy atom. The zero-order valence-corrected chi connectivity index (χ0v) is 10.7. The van der Waals surface area contributed by atoms with E-state index < -0.39 is 0 Å². The highest BCUT2D eigenvalue weighted by atomic mass is 16.1. The molecule has 0 aromatic carbocycles. The normalized spacial score (nSPS) is 17.9. The van der Waals surface area contributed by atoms with E-state index in [1.807, 2.05) is 0 Å². The van der Waals surface area contributed by atoms with Crippen LogP contribution in [0.25, 0.3) is 0 Å². The minimum absolute atomic E-state index is 0.271. The van der Waals surface area contributed by atoms with Crippen molar-refractivity contribution in [2.24, 2.45) is 11.8 Å². The lowest BCUT2D eigenvalue weighted by Gasteiger charge is -2.24. The summed E-state index contributed by atoms with van der Waals surface area (Å²) in [4.78, 5) is 11.5. The number of hydrogen-bond donors (Lipinski definition) is 2. The third kappa shape index (κ3) is 4.97. The van der Waals surface area contributed by atoms with Gasteiger partial charge in [-0.05, 0) is 38.3 Å². The van der Waals surface area contributed by atoms with Crippen molar-refractivity contribution in [1.82, 2.24) is 10.6 Å². The molecule has 2 N–H and O–H groups in total. The first-order valence-electron chi connectivity index (χ1n) is 6.72. The first-order valence-corrected chi connectivity index (χ1v) is 6.72. The monoisotopic (exact) mass is 226 g/mol. The molecule has 0 aliphatic heterocycles. The first kappa shape index (κ1) is 13.5. The smallest absolute Gasteiger partial charge is 0.223 e. The molecule has 3 nitrogen and oxygen atoms in total. The summed E-state index contributed by atoms with van der Waals surface area (Å²) in [5.41, 5.74) is 0. The van der Waals surface area contributed by atoms with Crippen molar-refractivity contribution in [3.8, 4) is 0 Å². The average Bonchev–Trinajstić information content (AvgIpc) is 2.20. The molecule has 16 heavy (non-hydrogen) atoms. The van der Waals surface area contributed by atoms with Gasteiger partial charge < -0.3 is 10.6 Å². The van der Waals surface area contributed by atoms with Gasteiger partial charge in [0.2, 0.25) is 5.91 Å². The van der Waals surface area contributed by atoms with Gasteiger partial charge in [0.1, 0.15) is 0 Å². The molecule has 0 radical (unpaired) electrons. The van der Waals surface area contributed by atoms with Gasteiger partial charge in [-0.2, -0.15) is 0 Å². The molecule has 94 valence electrons. The van der Waals surface area contributed by atoms with Crippen molar-refractivity contribution >= 4 is 5.91 Å². The third-order valence-corrected chi connectivity index (χ3v) is 3.50. The quantitative estimate of drug-likeness (QED) is 0.621. The maximum Gasteiger partial charge on any atom is 0.223 e. The summed E-state index contributed by atoms with van der Waals surface area (Å²) in [5.74, 6) is 1.35. The second kappa shape index (κ2) is 7.66. The predicted octanol–water partition coefficient (Wildman–Crippen LogP) is 1.93.